The molecule has 1 rings (SSSR count). The van der Waals surface area contributed by atoms with Gasteiger partial charge in [-0.2, -0.15) is 0 Å². The maximum atomic E-state index is 11.5. The summed E-state index contributed by atoms with van der Waals surface area (Å²) >= 11 is 0. The van der Waals surface area contributed by atoms with Crippen molar-refractivity contribution in [2.45, 2.75) is 13.8 Å². The lowest BCUT2D eigenvalue weighted by Crippen LogP contribution is -2.15. The van der Waals surface area contributed by atoms with Crippen LogP contribution in [0.5, 0.6) is 0 Å². The molecular weight excluding hydrogens is 188 g/mol. The second-order valence-electron chi connectivity index (χ2n) is 3.48. The zero-order chi connectivity index (χ0) is 11.3. The van der Waals surface area contributed by atoms with Crippen molar-refractivity contribution < 1.29 is 9.59 Å². The van der Waals surface area contributed by atoms with Crippen LogP contribution in [0.2, 0.25) is 0 Å². The lowest BCUT2D eigenvalue weighted by Gasteiger charge is -2.00. The van der Waals surface area contributed by atoms with E-state index in [9.17, 15) is 9.59 Å². The molecular formula is C13H14O2. The maximum absolute atomic E-state index is 11.5. The first kappa shape index (κ1) is 11.4. The lowest BCUT2D eigenvalue weighted by molar-refractivity contribution is -0.128. The van der Waals surface area contributed by atoms with E-state index < -0.39 is 5.92 Å². The Morgan fingerprint density at radius 2 is 1.80 bits per heavy atom. The summed E-state index contributed by atoms with van der Waals surface area (Å²) in [4.78, 5) is 22.4. The first-order chi connectivity index (χ1) is 7.11. The molecule has 0 amide bonds. The summed E-state index contributed by atoms with van der Waals surface area (Å²) in [7, 11) is 0. The zero-order valence-corrected chi connectivity index (χ0v) is 8.94. The minimum Gasteiger partial charge on any atom is -0.299 e. The molecule has 1 unspecified atom stereocenters. The second-order valence-corrected chi connectivity index (χ2v) is 3.48. The van der Waals surface area contributed by atoms with Gasteiger partial charge in [0.25, 0.3) is 0 Å². The van der Waals surface area contributed by atoms with Gasteiger partial charge in [-0.05, 0) is 25.5 Å². The highest BCUT2D eigenvalue weighted by atomic mass is 16.1. The Labute approximate surface area is 89.6 Å². The van der Waals surface area contributed by atoms with E-state index >= 15 is 0 Å². The van der Waals surface area contributed by atoms with Crippen molar-refractivity contribution in [3.05, 3.63) is 42.0 Å². The molecule has 15 heavy (non-hydrogen) atoms. The van der Waals surface area contributed by atoms with E-state index in [2.05, 4.69) is 0 Å². The summed E-state index contributed by atoms with van der Waals surface area (Å²) in [5, 5.41) is 0. The van der Waals surface area contributed by atoms with Crippen LogP contribution in [0.4, 0.5) is 0 Å². The Morgan fingerprint density at radius 1 is 1.20 bits per heavy atom. The Balaban J connectivity index is 2.67. The van der Waals surface area contributed by atoms with Gasteiger partial charge in [-0.15, -0.1) is 0 Å². The van der Waals surface area contributed by atoms with Crippen LogP contribution in [0.1, 0.15) is 19.4 Å². The van der Waals surface area contributed by atoms with E-state index in [0.29, 0.717) is 0 Å². The molecule has 0 saturated carbocycles. The van der Waals surface area contributed by atoms with Crippen molar-refractivity contribution in [3.63, 3.8) is 0 Å². The van der Waals surface area contributed by atoms with Gasteiger partial charge in [-0.3, -0.25) is 9.59 Å². The molecule has 0 bridgehead atoms. The van der Waals surface area contributed by atoms with Crippen molar-refractivity contribution in [2.24, 2.45) is 5.92 Å². The molecule has 0 aliphatic carbocycles. The van der Waals surface area contributed by atoms with Crippen LogP contribution in [-0.2, 0) is 9.59 Å². The highest BCUT2D eigenvalue weighted by Crippen LogP contribution is 2.04. The Kier molecular flexibility index (Phi) is 3.98. The Hall–Kier alpha value is -1.70. The largest absolute Gasteiger partial charge is 0.299 e. The van der Waals surface area contributed by atoms with Crippen LogP contribution < -0.4 is 0 Å². The lowest BCUT2D eigenvalue weighted by atomic mass is 10.0. The second kappa shape index (κ2) is 5.25. The van der Waals surface area contributed by atoms with Crippen LogP contribution in [0, 0.1) is 5.92 Å². The molecule has 0 saturated heterocycles. The third kappa shape index (κ3) is 3.50. The Morgan fingerprint density at radius 3 is 2.33 bits per heavy atom. The highest BCUT2D eigenvalue weighted by molar-refractivity contribution is 6.07. The number of hydrogen-bond donors (Lipinski definition) is 0. The first-order valence-electron chi connectivity index (χ1n) is 4.88. The third-order valence-corrected chi connectivity index (χ3v) is 2.28. The van der Waals surface area contributed by atoms with Crippen molar-refractivity contribution in [2.75, 3.05) is 0 Å². The van der Waals surface area contributed by atoms with Crippen molar-refractivity contribution in [3.8, 4) is 0 Å². The molecule has 0 aliphatic heterocycles. The molecule has 2 nitrogen and oxygen atoms in total. The Bertz CT molecular complexity index is 377. The molecule has 0 N–H and O–H groups in total. The van der Waals surface area contributed by atoms with Crippen molar-refractivity contribution in [1.29, 1.82) is 0 Å². The van der Waals surface area contributed by atoms with Crippen LogP contribution in [-0.4, -0.2) is 11.6 Å². The molecule has 2 heteroatoms. The molecule has 0 aliphatic rings. The normalized spacial score (nSPS) is 12.7. The topological polar surface area (TPSA) is 34.1 Å². The predicted octanol–water partition coefficient (Wildman–Crippen LogP) is 2.49. The van der Waals surface area contributed by atoms with Gasteiger partial charge < -0.3 is 0 Å². The number of rotatable bonds is 4. The number of hydrogen-bond acceptors (Lipinski definition) is 2. The smallest absolute Gasteiger partial charge is 0.165 e. The van der Waals surface area contributed by atoms with E-state index in [-0.39, 0.29) is 11.6 Å². The molecule has 0 aromatic heterocycles. The van der Waals surface area contributed by atoms with Gasteiger partial charge in [0.2, 0.25) is 0 Å². The standard InChI is InChI=1S/C13H14O2/c1-10(11(2)14)13(15)9-8-12-6-4-3-5-7-12/h3-10H,1-2H3/b9-8+. The van der Waals surface area contributed by atoms with Gasteiger partial charge in [0.05, 0.1) is 5.92 Å². The monoisotopic (exact) mass is 202 g/mol. The molecule has 0 fully saturated rings. The van der Waals surface area contributed by atoms with Crippen LogP contribution in [0.3, 0.4) is 0 Å². The van der Waals surface area contributed by atoms with Gasteiger partial charge in [0.1, 0.15) is 5.78 Å². The minimum atomic E-state index is -0.537. The summed E-state index contributed by atoms with van der Waals surface area (Å²) in [5.74, 6) is -0.783. The third-order valence-electron chi connectivity index (χ3n) is 2.28. The number of carbonyl (C=O) groups excluding carboxylic acids is 2. The highest BCUT2D eigenvalue weighted by Gasteiger charge is 2.13. The van der Waals surface area contributed by atoms with Crippen LogP contribution in [0.25, 0.3) is 6.08 Å². The average molecular weight is 202 g/mol. The molecule has 0 spiro atoms. The zero-order valence-electron chi connectivity index (χ0n) is 8.94. The number of benzene rings is 1. The summed E-state index contributed by atoms with van der Waals surface area (Å²) < 4.78 is 0. The fraction of sp³-hybridized carbons (Fsp3) is 0.231. The number of allylic oxidation sites excluding steroid dienone is 1. The maximum Gasteiger partial charge on any atom is 0.165 e. The molecule has 1 aromatic carbocycles. The molecule has 1 atom stereocenters. The molecule has 0 radical (unpaired) electrons. The van der Waals surface area contributed by atoms with E-state index in [4.69, 9.17) is 0 Å². The van der Waals surface area contributed by atoms with Crippen molar-refractivity contribution >= 4 is 17.6 Å². The number of Topliss-reactive ketones (excluding diaryl/α,β-unsaturated/α-hetero) is 1. The van der Waals surface area contributed by atoms with Gasteiger partial charge in [0.15, 0.2) is 5.78 Å². The molecule has 78 valence electrons. The van der Waals surface area contributed by atoms with Gasteiger partial charge >= 0.3 is 0 Å². The van der Waals surface area contributed by atoms with Crippen LogP contribution >= 0.6 is 0 Å². The average Bonchev–Trinajstić information content (AvgIpc) is 2.26. The van der Waals surface area contributed by atoms with E-state index in [1.54, 1.807) is 13.0 Å². The fourth-order valence-corrected chi connectivity index (χ4v) is 1.09. The number of carbonyl (C=O) groups is 2. The molecule has 1 aromatic rings. The predicted molar refractivity (Wildman–Crippen MR) is 60.3 cm³/mol. The quantitative estimate of drug-likeness (QED) is 0.555. The van der Waals surface area contributed by atoms with Crippen molar-refractivity contribution in [1.82, 2.24) is 0 Å². The first-order valence-corrected chi connectivity index (χ1v) is 4.88. The number of ketones is 2. The van der Waals surface area contributed by atoms with E-state index in [0.717, 1.165) is 5.56 Å². The molecule has 0 heterocycles. The van der Waals surface area contributed by atoms with E-state index in [1.807, 2.05) is 30.3 Å². The minimum absolute atomic E-state index is 0.0993. The van der Waals surface area contributed by atoms with E-state index in [1.165, 1.54) is 13.0 Å². The summed E-state index contributed by atoms with van der Waals surface area (Å²) in [6, 6.07) is 9.53. The summed E-state index contributed by atoms with van der Waals surface area (Å²) in [5.41, 5.74) is 0.960. The summed E-state index contributed by atoms with van der Waals surface area (Å²) in [6.45, 7) is 3.05. The summed E-state index contributed by atoms with van der Waals surface area (Å²) in [6.07, 6.45) is 3.18. The van der Waals surface area contributed by atoms with Crippen LogP contribution in [0.15, 0.2) is 36.4 Å². The SMILES string of the molecule is CC(=O)C(C)C(=O)/C=C/c1ccccc1. The fourth-order valence-electron chi connectivity index (χ4n) is 1.09. The van der Waals surface area contributed by atoms with Gasteiger partial charge in [-0.1, -0.05) is 36.4 Å². The van der Waals surface area contributed by atoms with Gasteiger partial charge in [-0.25, -0.2) is 0 Å². The van der Waals surface area contributed by atoms with Gasteiger partial charge in [0, 0.05) is 0 Å².